The van der Waals surface area contributed by atoms with E-state index in [9.17, 15) is 14.7 Å². The summed E-state index contributed by atoms with van der Waals surface area (Å²) in [6.45, 7) is 9.03. The molecule has 1 aromatic heterocycles. The number of benzene rings is 3. The first-order valence-electron chi connectivity index (χ1n) is 13.7. The number of aliphatic hydroxyl groups is 1. The molecule has 1 aliphatic heterocycles. The number of hydrogen-bond donors (Lipinski definition) is 1. The molecule has 1 fully saturated rings. The zero-order chi connectivity index (χ0) is 29.1. The summed E-state index contributed by atoms with van der Waals surface area (Å²) in [5.74, 6) is -0.946. The number of aromatic nitrogens is 1. The second-order valence-corrected chi connectivity index (χ2v) is 11.4. The first kappa shape index (κ1) is 27.8. The second-order valence-electron chi connectivity index (χ2n) is 11.4. The summed E-state index contributed by atoms with van der Waals surface area (Å²) in [5, 5.41) is 11.5. The minimum atomic E-state index is -0.749. The molecular formula is C35H34N2O4. The van der Waals surface area contributed by atoms with E-state index in [0.717, 1.165) is 27.8 Å². The summed E-state index contributed by atoms with van der Waals surface area (Å²) in [6.07, 6.45) is 3.34. The molecule has 5 rings (SSSR count). The molecule has 0 radical (unpaired) electrons. The molecule has 0 aliphatic carbocycles. The monoisotopic (exact) mass is 546 g/mol. The lowest BCUT2D eigenvalue weighted by Gasteiger charge is -2.26. The minimum absolute atomic E-state index is 0.0565. The van der Waals surface area contributed by atoms with Crippen molar-refractivity contribution in [2.45, 2.75) is 52.3 Å². The number of aliphatic hydroxyl groups excluding tert-OH is 1. The largest absolute Gasteiger partial charge is 0.507 e. The van der Waals surface area contributed by atoms with Crippen molar-refractivity contribution >= 4 is 17.4 Å². The van der Waals surface area contributed by atoms with E-state index in [4.69, 9.17) is 4.74 Å². The van der Waals surface area contributed by atoms with Gasteiger partial charge in [-0.05, 0) is 70.5 Å². The number of pyridine rings is 1. The van der Waals surface area contributed by atoms with Crippen molar-refractivity contribution in [3.63, 3.8) is 0 Å². The Morgan fingerprint density at radius 1 is 0.927 bits per heavy atom. The van der Waals surface area contributed by atoms with Crippen LogP contribution in [0.15, 0.2) is 103 Å². The number of nitrogens with zero attached hydrogens (tertiary/aromatic N) is 2. The molecule has 2 heterocycles. The van der Waals surface area contributed by atoms with Crippen molar-refractivity contribution in [1.29, 1.82) is 0 Å². The second kappa shape index (κ2) is 11.4. The lowest BCUT2D eigenvalue weighted by Crippen LogP contribution is -2.29. The third-order valence-electron chi connectivity index (χ3n) is 7.49. The van der Waals surface area contributed by atoms with Crippen LogP contribution in [-0.4, -0.2) is 26.7 Å². The summed E-state index contributed by atoms with van der Waals surface area (Å²) in [6, 6.07) is 25.8. The van der Waals surface area contributed by atoms with Crippen LogP contribution in [0.2, 0.25) is 0 Å². The normalized spacial score (nSPS) is 16.7. The highest BCUT2D eigenvalue weighted by Crippen LogP contribution is 2.41. The Morgan fingerprint density at radius 3 is 2.27 bits per heavy atom. The molecule has 1 N–H and O–H groups in total. The molecule has 6 heteroatoms. The molecule has 0 bridgehead atoms. The molecule has 1 amide bonds. The molecule has 41 heavy (non-hydrogen) atoms. The van der Waals surface area contributed by atoms with Gasteiger partial charge >= 0.3 is 0 Å². The van der Waals surface area contributed by atoms with E-state index in [1.807, 2.05) is 61.5 Å². The summed E-state index contributed by atoms with van der Waals surface area (Å²) < 4.78 is 5.95. The zero-order valence-corrected chi connectivity index (χ0v) is 23.8. The fraction of sp³-hybridized carbons (Fsp3) is 0.229. The topological polar surface area (TPSA) is 79.7 Å². The van der Waals surface area contributed by atoms with Crippen molar-refractivity contribution < 1.29 is 19.4 Å². The van der Waals surface area contributed by atoms with Gasteiger partial charge in [0.25, 0.3) is 11.7 Å². The number of likely N-dealkylation sites (tertiary alicyclic amines) is 1. The van der Waals surface area contributed by atoms with Gasteiger partial charge in [0, 0.05) is 24.5 Å². The van der Waals surface area contributed by atoms with Crippen LogP contribution in [0.3, 0.4) is 0 Å². The average Bonchev–Trinajstić information content (AvgIpc) is 3.22. The van der Waals surface area contributed by atoms with Gasteiger partial charge in [0.1, 0.15) is 18.1 Å². The Labute approximate surface area is 240 Å². The third kappa shape index (κ3) is 5.92. The molecule has 0 spiro atoms. The molecule has 0 saturated carbocycles. The maximum absolute atomic E-state index is 13.4. The number of ether oxygens (including phenoxy) is 1. The van der Waals surface area contributed by atoms with Gasteiger partial charge in [0.05, 0.1) is 11.6 Å². The fourth-order valence-electron chi connectivity index (χ4n) is 5.04. The number of amides is 1. The molecule has 1 atom stereocenters. The van der Waals surface area contributed by atoms with Gasteiger partial charge in [-0.25, -0.2) is 0 Å². The van der Waals surface area contributed by atoms with Crippen molar-refractivity contribution in [3.8, 4) is 5.75 Å². The molecular weight excluding hydrogens is 512 g/mol. The summed E-state index contributed by atoms with van der Waals surface area (Å²) in [7, 11) is 0. The quantitative estimate of drug-likeness (QED) is 0.155. The van der Waals surface area contributed by atoms with Crippen LogP contribution in [0.4, 0.5) is 0 Å². The first-order chi connectivity index (χ1) is 19.6. The highest BCUT2D eigenvalue weighted by Gasteiger charge is 2.46. The van der Waals surface area contributed by atoms with E-state index in [1.165, 1.54) is 4.90 Å². The first-order valence-corrected chi connectivity index (χ1v) is 13.7. The van der Waals surface area contributed by atoms with Gasteiger partial charge in [0.2, 0.25) is 0 Å². The Bertz CT molecular complexity index is 1580. The number of carbonyl (C=O) groups is 2. The van der Waals surface area contributed by atoms with E-state index in [-0.39, 0.29) is 23.3 Å². The lowest BCUT2D eigenvalue weighted by molar-refractivity contribution is -0.140. The summed E-state index contributed by atoms with van der Waals surface area (Å²) >= 11 is 0. The lowest BCUT2D eigenvalue weighted by atomic mass is 9.85. The zero-order valence-electron chi connectivity index (χ0n) is 23.8. The van der Waals surface area contributed by atoms with Gasteiger partial charge in [-0.3, -0.25) is 14.6 Å². The highest BCUT2D eigenvalue weighted by atomic mass is 16.5. The maximum Gasteiger partial charge on any atom is 0.295 e. The predicted octanol–water partition coefficient (Wildman–Crippen LogP) is 6.89. The summed E-state index contributed by atoms with van der Waals surface area (Å²) in [5.41, 5.74) is 5.35. The molecule has 4 aromatic rings. The number of hydrogen-bond acceptors (Lipinski definition) is 5. The van der Waals surface area contributed by atoms with Crippen LogP contribution >= 0.6 is 0 Å². The van der Waals surface area contributed by atoms with Crippen LogP contribution < -0.4 is 4.74 Å². The van der Waals surface area contributed by atoms with Crippen LogP contribution in [-0.2, 0) is 28.2 Å². The number of rotatable bonds is 7. The average molecular weight is 547 g/mol. The number of Topliss-reactive ketones (excluding diaryl/α,β-unsaturated/α-hetero) is 1. The van der Waals surface area contributed by atoms with Crippen molar-refractivity contribution in [2.75, 3.05) is 0 Å². The highest BCUT2D eigenvalue weighted by molar-refractivity contribution is 6.46. The van der Waals surface area contributed by atoms with Crippen molar-refractivity contribution in [3.05, 3.63) is 136 Å². The molecule has 208 valence electrons. The minimum Gasteiger partial charge on any atom is -0.507 e. The van der Waals surface area contributed by atoms with E-state index < -0.39 is 17.7 Å². The Balaban J connectivity index is 1.49. The van der Waals surface area contributed by atoms with Crippen molar-refractivity contribution in [1.82, 2.24) is 9.88 Å². The third-order valence-corrected chi connectivity index (χ3v) is 7.49. The predicted molar refractivity (Wildman–Crippen MR) is 159 cm³/mol. The van der Waals surface area contributed by atoms with E-state index in [2.05, 4.69) is 25.8 Å². The van der Waals surface area contributed by atoms with Gasteiger partial charge in [-0.2, -0.15) is 0 Å². The summed E-state index contributed by atoms with van der Waals surface area (Å²) in [4.78, 5) is 32.5. The van der Waals surface area contributed by atoms with Crippen LogP contribution in [0, 0.1) is 6.92 Å². The Kier molecular flexibility index (Phi) is 7.75. The Hall–Kier alpha value is -4.71. The molecule has 1 unspecified atom stereocenters. The van der Waals surface area contributed by atoms with Gasteiger partial charge in [-0.1, -0.05) is 75.4 Å². The maximum atomic E-state index is 13.4. The van der Waals surface area contributed by atoms with E-state index >= 15 is 0 Å². The van der Waals surface area contributed by atoms with Crippen LogP contribution in [0.1, 0.15) is 60.2 Å². The van der Waals surface area contributed by atoms with Gasteiger partial charge in [0.15, 0.2) is 0 Å². The molecule has 6 nitrogen and oxygen atoms in total. The van der Waals surface area contributed by atoms with Gasteiger partial charge < -0.3 is 14.7 Å². The van der Waals surface area contributed by atoms with Crippen molar-refractivity contribution in [2.24, 2.45) is 0 Å². The van der Waals surface area contributed by atoms with E-state index in [0.29, 0.717) is 17.9 Å². The van der Waals surface area contributed by atoms with Gasteiger partial charge in [-0.15, -0.1) is 0 Å². The smallest absolute Gasteiger partial charge is 0.295 e. The van der Waals surface area contributed by atoms with E-state index in [1.54, 1.807) is 42.7 Å². The number of aryl methyl sites for hydroxylation is 1. The SMILES string of the molecule is Cc1ccccc1COc1ccc(C(O)=C2C(=O)C(=O)N(Cc3cccnc3)C2c2ccc(C(C)(C)C)cc2)cc1. The number of ketones is 1. The van der Waals surface area contributed by atoms with Crippen LogP contribution in [0.5, 0.6) is 5.75 Å². The standard InChI is InChI=1S/C35H34N2O4/c1-23-8-5-6-10-27(23)22-41-29-17-13-26(14-18-29)32(38)30-31(25-11-15-28(16-12-25)35(2,3)4)37(34(40)33(30)39)21-24-9-7-19-36-20-24/h5-20,31,38H,21-22H2,1-4H3. The van der Waals surface area contributed by atoms with Crippen LogP contribution in [0.25, 0.3) is 5.76 Å². The molecule has 1 saturated heterocycles. The Morgan fingerprint density at radius 2 is 1.63 bits per heavy atom. The number of carbonyl (C=O) groups excluding carboxylic acids is 2. The molecule has 1 aliphatic rings. The molecule has 3 aromatic carbocycles. The fourth-order valence-corrected chi connectivity index (χ4v) is 5.04.